The van der Waals surface area contributed by atoms with Crippen molar-refractivity contribution in [3.63, 3.8) is 0 Å². The number of amides is 1. The quantitative estimate of drug-likeness (QED) is 0.709. The van der Waals surface area contributed by atoms with Crippen LogP contribution >= 0.6 is 0 Å². The molecule has 0 aromatic heterocycles. The first kappa shape index (κ1) is 20.1. The molecule has 1 amide bonds. The van der Waals surface area contributed by atoms with Crippen LogP contribution < -0.4 is 10.0 Å². The standard InChI is InChI=1S/C20H26N2O3S/c1-16(2)22-20(23)13-10-18-8-11-19(12-9-18)26(24,25)21-15-14-17-6-4-3-5-7-17/h3-9,11-12,16,21H,10,13-15H2,1-2H3,(H,22,23). The number of carbonyl (C=O) groups excluding carboxylic acids is 1. The van der Waals surface area contributed by atoms with Crippen LogP contribution in [0.2, 0.25) is 0 Å². The van der Waals surface area contributed by atoms with Crippen molar-refractivity contribution in [2.24, 2.45) is 0 Å². The summed E-state index contributed by atoms with van der Waals surface area (Å²) < 4.78 is 27.3. The third-order valence-corrected chi connectivity index (χ3v) is 5.35. The molecule has 0 radical (unpaired) electrons. The molecule has 2 N–H and O–H groups in total. The maximum atomic E-state index is 12.3. The van der Waals surface area contributed by atoms with Gasteiger partial charge in [-0.2, -0.15) is 0 Å². The van der Waals surface area contributed by atoms with Gasteiger partial charge in [-0.15, -0.1) is 0 Å². The van der Waals surface area contributed by atoms with Gasteiger partial charge in [0.25, 0.3) is 0 Å². The highest BCUT2D eigenvalue weighted by atomic mass is 32.2. The molecule has 0 aliphatic heterocycles. The molecule has 0 heterocycles. The lowest BCUT2D eigenvalue weighted by Crippen LogP contribution is -2.30. The molecule has 0 atom stereocenters. The van der Waals surface area contributed by atoms with E-state index in [4.69, 9.17) is 0 Å². The van der Waals surface area contributed by atoms with Crippen LogP contribution in [-0.4, -0.2) is 26.9 Å². The lowest BCUT2D eigenvalue weighted by molar-refractivity contribution is -0.121. The minimum atomic E-state index is -3.52. The molecule has 0 bridgehead atoms. The van der Waals surface area contributed by atoms with E-state index in [2.05, 4.69) is 10.0 Å². The Labute approximate surface area is 155 Å². The maximum absolute atomic E-state index is 12.3. The minimum Gasteiger partial charge on any atom is -0.354 e. The van der Waals surface area contributed by atoms with Gasteiger partial charge in [-0.25, -0.2) is 13.1 Å². The van der Waals surface area contributed by atoms with Gasteiger partial charge in [-0.1, -0.05) is 42.5 Å². The van der Waals surface area contributed by atoms with E-state index in [-0.39, 0.29) is 16.8 Å². The van der Waals surface area contributed by atoms with Gasteiger partial charge in [0, 0.05) is 19.0 Å². The second kappa shape index (κ2) is 9.50. The van der Waals surface area contributed by atoms with E-state index in [1.165, 1.54) is 0 Å². The molecule has 140 valence electrons. The van der Waals surface area contributed by atoms with E-state index in [1.807, 2.05) is 44.2 Å². The number of sulfonamides is 1. The molecule has 5 nitrogen and oxygen atoms in total. The fourth-order valence-corrected chi connectivity index (χ4v) is 3.58. The van der Waals surface area contributed by atoms with Gasteiger partial charge in [0.1, 0.15) is 0 Å². The van der Waals surface area contributed by atoms with E-state index in [9.17, 15) is 13.2 Å². The summed E-state index contributed by atoms with van der Waals surface area (Å²) >= 11 is 0. The summed E-state index contributed by atoms with van der Waals surface area (Å²) in [5.41, 5.74) is 2.03. The van der Waals surface area contributed by atoms with Crippen molar-refractivity contribution in [2.45, 2.75) is 44.0 Å². The summed E-state index contributed by atoms with van der Waals surface area (Å²) in [6.07, 6.45) is 1.61. The Morgan fingerprint density at radius 1 is 0.923 bits per heavy atom. The lowest BCUT2D eigenvalue weighted by Gasteiger charge is -2.09. The molecule has 0 saturated heterocycles. The Hall–Kier alpha value is -2.18. The molecule has 0 unspecified atom stereocenters. The van der Waals surface area contributed by atoms with Crippen molar-refractivity contribution in [1.82, 2.24) is 10.0 Å². The van der Waals surface area contributed by atoms with Crippen LogP contribution in [-0.2, 0) is 27.7 Å². The van der Waals surface area contributed by atoms with E-state index < -0.39 is 10.0 Å². The van der Waals surface area contributed by atoms with E-state index in [0.717, 1.165) is 11.1 Å². The van der Waals surface area contributed by atoms with E-state index >= 15 is 0 Å². The lowest BCUT2D eigenvalue weighted by atomic mass is 10.1. The predicted octanol–water partition coefficient (Wildman–Crippen LogP) is 2.66. The fourth-order valence-electron chi connectivity index (χ4n) is 2.55. The first-order valence-corrected chi connectivity index (χ1v) is 10.3. The van der Waals surface area contributed by atoms with Crippen LogP contribution in [0.25, 0.3) is 0 Å². The summed E-state index contributed by atoms with van der Waals surface area (Å²) in [4.78, 5) is 11.9. The summed E-state index contributed by atoms with van der Waals surface area (Å²) in [7, 11) is -3.52. The molecule has 0 spiro atoms. The van der Waals surface area contributed by atoms with Crippen LogP contribution in [0.4, 0.5) is 0 Å². The van der Waals surface area contributed by atoms with E-state index in [0.29, 0.717) is 25.8 Å². The third kappa shape index (κ3) is 6.61. The third-order valence-electron chi connectivity index (χ3n) is 3.87. The fraction of sp³-hybridized carbons (Fsp3) is 0.350. The van der Waals surface area contributed by atoms with Crippen LogP contribution in [0.1, 0.15) is 31.4 Å². The van der Waals surface area contributed by atoms with Gasteiger partial charge < -0.3 is 5.32 Å². The molecular formula is C20H26N2O3S. The van der Waals surface area contributed by atoms with Crippen molar-refractivity contribution in [3.05, 3.63) is 65.7 Å². The molecule has 2 aromatic carbocycles. The largest absolute Gasteiger partial charge is 0.354 e. The van der Waals surface area contributed by atoms with Crippen molar-refractivity contribution >= 4 is 15.9 Å². The Morgan fingerprint density at radius 3 is 2.15 bits per heavy atom. The number of nitrogens with one attached hydrogen (secondary N) is 2. The van der Waals surface area contributed by atoms with Crippen LogP contribution in [0.15, 0.2) is 59.5 Å². The van der Waals surface area contributed by atoms with Crippen LogP contribution in [0.5, 0.6) is 0 Å². The van der Waals surface area contributed by atoms with Crippen LogP contribution in [0.3, 0.4) is 0 Å². The summed E-state index contributed by atoms with van der Waals surface area (Å²) in [6, 6.07) is 16.5. The molecule has 6 heteroatoms. The maximum Gasteiger partial charge on any atom is 0.240 e. The highest BCUT2D eigenvalue weighted by molar-refractivity contribution is 7.89. The van der Waals surface area contributed by atoms with Crippen molar-refractivity contribution in [2.75, 3.05) is 6.54 Å². The molecular weight excluding hydrogens is 348 g/mol. The number of aryl methyl sites for hydroxylation is 1. The Balaban J connectivity index is 1.86. The van der Waals surface area contributed by atoms with Gasteiger partial charge in [0.2, 0.25) is 15.9 Å². The Kier molecular flexibility index (Phi) is 7.36. The Morgan fingerprint density at radius 2 is 1.54 bits per heavy atom. The topological polar surface area (TPSA) is 75.3 Å². The molecule has 26 heavy (non-hydrogen) atoms. The number of benzene rings is 2. The molecule has 0 saturated carbocycles. The number of rotatable bonds is 9. The highest BCUT2D eigenvalue weighted by Gasteiger charge is 2.13. The zero-order valence-electron chi connectivity index (χ0n) is 15.2. The summed E-state index contributed by atoms with van der Waals surface area (Å²) in [5, 5.41) is 2.84. The number of hydrogen-bond acceptors (Lipinski definition) is 3. The molecule has 2 rings (SSSR count). The van der Waals surface area contributed by atoms with Gasteiger partial charge in [-0.3, -0.25) is 4.79 Å². The van der Waals surface area contributed by atoms with Gasteiger partial charge in [-0.05, 0) is 49.9 Å². The Bertz CT molecular complexity index is 801. The zero-order valence-corrected chi connectivity index (χ0v) is 16.1. The summed E-state index contributed by atoms with van der Waals surface area (Å²) in [6.45, 7) is 4.19. The zero-order chi connectivity index (χ0) is 19.0. The second-order valence-corrected chi connectivity index (χ2v) is 8.27. The van der Waals surface area contributed by atoms with Crippen molar-refractivity contribution in [3.8, 4) is 0 Å². The average molecular weight is 375 g/mol. The first-order chi connectivity index (χ1) is 12.4. The molecule has 0 aliphatic rings. The first-order valence-electron chi connectivity index (χ1n) is 8.79. The second-order valence-electron chi connectivity index (χ2n) is 6.50. The summed E-state index contributed by atoms with van der Waals surface area (Å²) in [5.74, 6) is -0.000670. The monoisotopic (exact) mass is 374 g/mol. The van der Waals surface area contributed by atoms with Gasteiger partial charge >= 0.3 is 0 Å². The number of carbonyl (C=O) groups is 1. The molecule has 0 aliphatic carbocycles. The average Bonchev–Trinajstić information content (AvgIpc) is 2.60. The van der Waals surface area contributed by atoms with Gasteiger partial charge in [0.05, 0.1) is 4.90 Å². The SMILES string of the molecule is CC(C)NC(=O)CCc1ccc(S(=O)(=O)NCCc2ccccc2)cc1. The van der Waals surface area contributed by atoms with Gasteiger partial charge in [0.15, 0.2) is 0 Å². The van der Waals surface area contributed by atoms with E-state index in [1.54, 1.807) is 24.3 Å². The van der Waals surface area contributed by atoms with Crippen molar-refractivity contribution in [1.29, 1.82) is 0 Å². The van der Waals surface area contributed by atoms with Crippen LogP contribution in [0, 0.1) is 0 Å². The molecule has 0 fully saturated rings. The minimum absolute atomic E-state index is 0.000670. The van der Waals surface area contributed by atoms with Crippen molar-refractivity contribution < 1.29 is 13.2 Å². The highest BCUT2D eigenvalue weighted by Crippen LogP contribution is 2.12. The molecule has 2 aromatic rings. The smallest absolute Gasteiger partial charge is 0.240 e. The number of hydrogen-bond donors (Lipinski definition) is 2. The predicted molar refractivity (Wildman–Crippen MR) is 103 cm³/mol. The normalized spacial score (nSPS) is 11.5.